The van der Waals surface area contributed by atoms with Crippen LogP contribution in [0.25, 0.3) is 0 Å². The molecule has 2 nitrogen and oxygen atoms in total. The quantitative estimate of drug-likeness (QED) is 0.541. The molecule has 90 valence electrons. The third kappa shape index (κ3) is 6.16. The highest BCUT2D eigenvalue weighted by Gasteiger charge is 2.14. The Labute approximate surface area is 94.8 Å². The zero-order chi connectivity index (χ0) is 10.9. The van der Waals surface area contributed by atoms with Gasteiger partial charge in [-0.15, -0.1) is 0 Å². The molecule has 0 aromatic rings. The highest BCUT2D eigenvalue weighted by atomic mass is 16.5. The van der Waals surface area contributed by atoms with Crippen molar-refractivity contribution in [2.45, 2.75) is 57.9 Å². The van der Waals surface area contributed by atoms with Crippen LogP contribution in [-0.2, 0) is 4.74 Å². The first-order valence-corrected chi connectivity index (χ1v) is 6.55. The molecule has 2 atom stereocenters. The number of unbranched alkanes of at least 4 members (excludes halogenated alkanes) is 1. The van der Waals surface area contributed by atoms with Crippen molar-refractivity contribution in [2.75, 3.05) is 20.3 Å². The maximum Gasteiger partial charge on any atom is 0.0462 e. The van der Waals surface area contributed by atoms with Crippen LogP contribution in [0, 0.1) is 5.92 Å². The fourth-order valence-electron chi connectivity index (χ4n) is 2.37. The van der Waals surface area contributed by atoms with E-state index >= 15 is 0 Å². The fraction of sp³-hybridized carbons (Fsp3) is 1.00. The number of ether oxygens (including phenoxy) is 1. The molecule has 0 aromatic carbocycles. The molecule has 1 aliphatic carbocycles. The van der Waals surface area contributed by atoms with Gasteiger partial charge in [0.25, 0.3) is 0 Å². The first-order chi connectivity index (χ1) is 7.33. The van der Waals surface area contributed by atoms with Gasteiger partial charge in [0.1, 0.15) is 0 Å². The zero-order valence-electron chi connectivity index (χ0n) is 10.4. The van der Waals surface area contributed by atoms with Gasteiger partial charge in [0.2, 0.25) is 0 Å². The smallest absolute Gasteiger partial charge is 0.0462 e. The zero-order valence-corrected chi connectivity index (χ0v) is 10.4. The van der Waals surface area contributed by atoms with Crippen LogP contribution < -0.4 is 5.32 Å². The third-order valence-corrected chi connectivity index (χ3v) is 3.47. The molecule has 0 aliphatic heterocycles. The molecule has 2 unspecified atom stereocenters. The van der Waals surface area contributed by atoms with E-state index in [0.29, 0.717) is 0 Å². The second-order valence-electron chi connectivity index (χ2n) is 4.96. The van der Waals surface area contributed by atoms with Crippen molar-refractivity contribution in [3.63, 3.8) is 0 Å². The molecule has 0 spiro atoms. The Balaban J connectivity index is 2.00. The van der Waals surface area contributed by atoms with Crippen molar-refractivity contribution < 1.29 is 4.74 Å². The van der Waals surface area contributed by atoms with E-state index in [9.17, 15) is 0 Å². The minimum atomic E-state index is 0.789. The molecule has 15 heavy (non-hydrogen) atoms. The van der Waals surface area contributed by atoms with Crippen molar-refractivity contribution >= 4 is 0 Å². The lowest BCUT2D eigenvalue weighted by atomic mass is 10.0. The third-order valence-electron chi connectivity index (χ3n) is 3.47. The summed E-state index contributed by atoms with van der Waals surface area (Å²) in [6.07, 6.45) is 9.46. The van der Waals surface area contributed by atoms with Crippen molar-refractivity contribution in [2.24, 2.45) is 5.92 Å². The summed E-state index contributed by atoms with van der Waals surface area (Å²) >= 11 is 0. The first-order valence-electron chi connectivity index (χ1n) is 6.55. The molecule has 0 heterocycles. The predicted molar refractivity (Wildman–Crippen MR) is 65.1 cm³/mol. The Kier molecular flexibility index (Phi) is 7.03. The van der Waals surface area contributed by atoms with E-state index < -0.39 is 0 Å². The normalized spacial score (nSPS) is 27.6. The summed E-state index contributed by atoms with van der Waals surface area (Å²) in [5, 5.41) is 3.69. The maximum atomic E-state index is 5.04. The summed E-state index contributed by atoms with van der Waals surface area (Å²) in [5.74, 6) is 0.949. The van der Waals surface area contributed by atoms with E-state index in [2.05, 4.69) is 12.2 Å². The standard InChI is InChI=1S/C13H27NO/c1-12-6-5-7-13(9-8-12)14-10-3-4-11-15-2/h12-14H,3-11H2,1-2H3. The highest BCUT2D eigenvalue weighted by molar-refractivity contribution is 4.73. The minimum absolute atomic E-state index is 0.789. The SMILES string of the molecule is COCCCCNC1CCCC(C)CC1. The van der Waals surface area contributed by atoms with Gasteiger partial charge in [0.15, 0.2) is 0 Å². The Morgan fingerprint density at radius 1 is 1.13 bits per heavy atom. The topological polar surface area (TPSA) is 21.3 Å². The first kappa shape index (κ1) is 13.0. The van der Waals surface area contributed by atoms with Gasteiger partial charge >= 0.3 is 0 Å². The van der Waals surface area contributed by atoms with Crippen LogP contribution in [-0.4, -0.2) is 26.3 Å². The van der Waals surface area contributed by atoms with Crippen molar-refractivity contribution in [3.8, 4) is 0 Å². The molecular weight excluding hydrogens is 186 g/mol. The highest BCUT2D eigenvalue weighted by Crippen LogP contribution is 2.22. The lowest BCUT2D eigenvalue weighted by Crippen LogP contribution is -2.29. The molecule has 0 bridgehead atoms. The van der Waals surface area contributed by atoms with Gasteiger partial charge in [0, 0.05) is 19.8 Å². The summed E-state index contributed by atoms with van der Waals surface area (Å²) in [4.78, 5) is 0. The molecule has 1 N–H and O–H groups in total. The Morgan fingerprint density at radius 2 is 2.00 bits per heavy atom. The average molecular weight is 213 g/mol. The van der Waals surface area contributed by atoms with Gasteiger partial charge in [-0.1, -0.05) is 19.8 Å². The van der Waals surface area contributed by atoms with Crippen LogP contribution in [0.3, 0.4) is 0 Å². The van der Waals surface area contributed by atoms with Crippen molar-refractivity contribution in [1.29, 1.82) is 0 Å². The van der Waals surface area contributed by atoms with Gasteiger partial charge in [-0.25, -0.2) is 0 Å². The second-order valence-corrected chi connectivity index (χ2v) is 4.96. The van der Waals surface area contributed by atoms with Crippen LogP contribution >= 0.6 is 0 Å². The summed E-state index contributed by atoms with van der Waals surface area (Å²) in [6, 6.07) is 0.789. The maximum absolute atomic E-state index is 5.04. The van der Waals surface area contributed by atoms with Crippen molar-refractivity contribution in [1.82, 2.24) is 5.32 Å². The van der Waals surface area contributed by atoms with Gasteiger partial charge < -0.3 is 10.1 Å². The van der Waals surface area contributed by atoms with E-state index in [1.54, 1.807) is 7.11 Å². The fourth-order valence-corrected chi connectivity index (χ4v) is 2.37. The largest absolute Gasteiger partial charge is 0.385 e. The lowest BCUT2D eigenvalue weighted by molar-refractivity contribution is 0.192. The summed E-state index contributed by atoms with van der Waals surface area (Å²) in [5.41, 5.74) is 0. The lowest BCUT2D eigenvalue weighted by Gasteiger charge is -2.16. The van der Waals surface area contributed by atoms with Crippen LogP contribution in [0.2, 0.25) is 0 Å². The molecule has 1 saturated carbocycles. The van der Waals surface area contributed by atoms with E-state index in [1.165, 1.54) is 51.5 Å². The van der Waals surface area contributed by atoms with Gasteiger partial charge in [-0.3, -0.25) is 0 Å². The van der Waals surface area contributed by atoms with Crippen LogP contribution in [0.5, 0.6) is 0 Å². The van der Waals surface area contributed by atoms with Gasteiger partial charge in [-0.2, -0.15) is 0 Å². The molecule has 0 saturated heterocycles. The Hall–Kier alpha value is -0.0800. The second kappa shape index (κ2) is 8.12. The summed E-state index contributed by atoms with van der Waals surface area (Å²) < 4.78 is 5.04. The van der Waals surface area contributed by atoms with Crippen LogP contribution in [0.15, 0.2) is 0 Å². The van der Waals surface area contributed by atoms with E-state index in [-0.39, 0.29) is 0 Å². The predicted octanol–water partition coefficient (Wildman–Crippen LogP) is 2.97. The molecule has 0 amide bonds. The van der Waals surface area contributed by atoms with E-state index in [0.717, 1.165) is 18.6 Å². The number of rotatable bonds is 6. The molecular formula is C13H27NO. The van der Waals surface area contributed by atoms with Crippen LogP contribution in [0.4, 0.5) is 0 Å². The van der Waals surface area contributed by atoms with E-state index in [4.69, 9.17) is 4.74 Å². The minimum Gasteiger partial charge on any atom is -0.385 e. The number of nitrogens with one attached hydrogen (secondary N) is 1. The Morgan fingerprint density at radius 3 is 2.80 bits per heavy atom. The molecule has 0 aromatic heterocycles. The molecule has 0 radical (unpaired) electrons. The average Bonchev–Trinajstić information content (AvgIpc) is 2.43. The number of hydrogen-bond donors (Lipinski definition) is 1. The van der Waals surface area contributed by atoms with Gasteiger partial charge in [0.05, 0.1) is 0 Å². The summed E-state index contributed by atoms with van der Waals surface area (Å²) in [6.45, 7) is 4.47. The molecule has 2 heteroatoms. The summed E-state index contributed by atoms with van der Waals surface area (Å²) in [7, 11) is 1.78. The molecule has 1 aliphatic rings. The Bertz CT molecular complexity index is 149. The van der Waals surface area contributed by atoms with Crippen molar-refractivity contribution in [3.05, 3.63) is 0 Å². The van der Waals surface area contributed by atoms with Gasteiger partial charge in [-0.05, 0) is 44.6 Å². The number of hydrogen-bond acceptors (Lipinski definition) is 2. The molecule has 1 rings (SSSR count). The number of methoxy groups -OCH3 is 1. The van der Waals surface area contributed by atoms with E-state index in [1.807, 2.05) is 0 Å². The van der Waals surface area contributed by atoms with Crippen LogP contribution in [0.1, 0.15) is 51.9 Å². The molecule has 1 fully saturated rings. The monoisotopic (exact) mass is 213 g/mol.